The molecule has 0 aliphatic carbocycles. The smallest absolute Gasteiger partial charge is 0.237 e. The molecule has 4 rings (SSSR count). The zero-order chi connectivity index (χ0) is 22.2. The summed E-state index contributed by atoms with van der Waals surface area (Å²) in [7, 11) is 0. The van der Waals surface area contributed by atoms with Crippen molar-refractivity contribution in [3.63, 3.8) is 0 Å². The molecule has 2 amide bonds. The quantitative estimate of drug-likeness (QED) is 0.705. The van der Waals surface area contributed by atoms with Gasteiger partial charge in [-0.2, -0.15) is 0 Å². The number of imide groups is 1. The molecule has 2 heterocycles. The number of likely N-dealkylation sites (tertiary alicyclic amines) is 1. The summed E-state index contributed by atoms with van der Waals surface area (Å²) < 4.78 is 42.0. The summed E-state index contributed by atoms with van der Waals surface area (Å²) in [5, 5.41) is 2.44. The fraction of sp³-hybridized carbons (Fsp3) is 0.391. The lowest BCUT2D eigenvalue weighted by molar-refractivity contribution is -0.140. The van der Waals surface area contributed by atoms with E-state index < -0.39 is 28.8 Å². The van der Waals surface area contributed by atoms with Crippen molar-refractivity contribution in [1.82, 2.24) is 10.2 Å². The van der Waals surface area contributed by atoms with Crippen molar-refractivity contribution in [2.24, 2.45) is 5.92 Å². The number of carbonyl (C=O) groups excluding carboxylic acids is 2. The van der Waals surface area contributed by atoms with Crippen LogP contribution in [0.2, 0.25) is 5.02 Å². The Morgan fingerprint density at radius 1 is 1.03 bits per heavy atom. The highest BCUT2D eigenvalue weighted by atomic mass is 35.5. The topological polar surface area (TPSA) is 49.4 Å². The van der Waals surface area contributed by atoms with Crippen LogP contribution in [0.4, 0.5) is 13.2 Å². The Hall–Kier alpha value is -2.38. The molecule has 2 fully saturated rings. The number of rotatable bonds is 4. The number of benzene rings is 2. The van der Waals surface area contributed by atoms with E-state index in [4.69, 9.17) is 11.6 Å². The first-order valence-corrected chi connectivity index (χ1v) is 10.6. The van der Waals surface area contributed by atoms with Gasteiger partial charge in [-0.25, -0.2) is 13.2 Å². The van der Waals surface area contributed by atoms with E-state index in [-0.39, 0.29) is 35.3 Å². The van der Waals surface area contributed by atoms with Crippen LogP contribution in [0.15, 0.2) is 36.4 Å². The number of carbonyl (C=O) groups is 2. The third-order valence-corrected chi connectivity index (χ3v) is 6.80. The first kappa shape index (κ1) is 21.8. The number of amides is 2. The Balaban J connectivity index is 1.56. The zero-order valence-electron chi connectivity index (χ0n) is 16.8. The zero-order valence-corrected chi connectivity index (χ0v) is 17.5. The van der Waals surface area contributed by atoms with Gasteiger partial charge in [-0.05, 0) is 62.0 Å². The summed E-state index contributed by atoms with van der Waals surface area (Å²) >= 11 is 5.74. The highest BCUT2D eigenvalue weighted by Gasteiger charge is 2.51. The van der Waals surface area contributed by atoms with Crippen molar-refractivity contribution in [1.29, 1.82) is 0 Å². The molecule has 164 valence electrons. The number of hydrogen-bond acceptors (Lipinski definition) is 3. The van der Waals surface area contributed by atoms with E-state index in [0.717, 1.165) is 17.7 Å². The Kier molecular flexibility index (Phi) is 6.08. The van der Waals surface area contributed by atoms with E-state index in [9.17, 15) is 22.8 Å². The first-order chi connectivity index (χ1) is 14.8. The fourth-order valence-corrected chi connectivity index (χ4v) is 5.04. The van der Waals surface area contributed by atoms with Gasteiger partial charge in [0.2, 0.25) is 11.8 Å². The molecule has 2 aliphatic rings. The maximum Gasteiger partial charge on any atom is 0.237 e. The monoisotopic (exact) mass is 450 g/mol. The molecule has 0 aromatic heterocycles. The molecule has 0 saturated carbocycles. The van der Waals surface area contributed by atoms with Gasteiger partial charge >= 0.3 is 0 Å². The predicted octanol–water partition coefficient (Wildman–Crippen LogP) is 4.34. The second-order valence-electron chi connectivity index (χ2n) is 8.27. The minimum Gasteiger partial charge on any atom is -0.299 e. The first-order valence-electron chi connectivity index (χ1n) is 10.3. The molecule has 1 atom stereocenters. The summed E-state index contributed by atoms with van der Waals surface area (Å²) in [6.45, 7) is 1.78. The van der Waals surface area contributed by atoms with Crippen LogP contribution in [0.25, 0.3) is 0 Å². The van der Waals surface area contributed by atoms with Gasteiger partial charge in [0.15, 0.2) is 0 Å². The lowest BCUT2D eigenvalue weighted by Crippen LogP contribution is -2.57. The Morgan fingerprint density at radius 2 is 1.77 bits per heavy atom. The Bertz CT molecular complexity index is 1020. The maximum atomic E-state index is 14.8. The molecular weight excluding hydrogens is 429 g/mol. The summed E-state index contributed by atoms with van der Waals surface area (Å²) in [6.07, 6.45) is 1.48. The van der Waals surface area contributed by atoms with Gasteiger partial charge in [0.1, 0.15) is 17.5 Å². The van der Waals surface area contributed by atoms with Crippen molar-refractivity contribution in [2.45, 2.75) is 37.6 Å². The molecule has 31 heavy (non-hydrogen) atoms. The van der Waals surface area contributed by atoms with Gasteiger partial charge in [0, 0.05) is 24.6 Å². The van der Waals surface area contributed by atoms with Crippen molar-refractivity contribution in [2.75, 3.05) is 13.1 Å². The van der Waals surface area contributed by atoms with Crippen LogP contribution in [0.1, 0.15) is 36.8 Å². The maximum absolute atomic E-state index is 14.8. The van der Waals surface area contributed by atoms with Crippen LogP contribution in [0.5, 0.6) is 0 Å². The van der Waals surface area contributed by atoms with E-state index in [0.29, 0.717) is 32.5 Å². The second kappa shape index (κ2) is 8.63. The normalized spacial score (nSPS) is 23.1. The second-order valence-corrected chi connectivity index (χ2v) is 8.68. The van der Waals surface area contributed by atoms with Crippen molar-refractivity contribution < 1.29 is 22.8 Å². The summed E-state index contributed by atoms with van der Waals surface area (Å²) in [6, 6.07) is 7.95. The number of piperidine rings is 2. The lowest BCUT2D eigenvalue weighted by atomic mass is 9.62. The minimum absolute atomic E-state index is 0.0728. The van der Waals surface area contributed by atoms with E-state index >= 15 is 0 Å². The lowest BCUT2D eigenvalue weighted by Gasteiger charge is -2.45. The molecule has 2 saturated heterocycles. The molecule has 0 bridgehead atoms. The van der Waals surface area contributed by atoms with Gasteiger partial charge in [0.05, 0.1) is 10.4 Å². The van der Waals surface area contributed by atoms with Crippen LogP contribution in [0, 0.1) is 23.4 Å². The van der Waals surface area contributed by atoms with Crippen LogP contribution in [-0.4, -0.2) is 29.8 Å². The fourth-order valence-electron chi connectivity index (χ4n) is 4.92. The largest absolute Gasteiger partial charge is 0.299 e. The summed E-state index contributed by atoms with van der Waals surface area (Å²) in [5.41, 5.74) is -0.290. The van der Waals surface area contributed by atoms with Crippen molar-refractivity contribution in [3.8, 4) is 0 Å². The Morgan fingerprint density at radius 3 is 2.42 bits per heavy atom. The number of nitrogens with one attached hydrogen (secondary N) is 1. The molecule has 2 aliphatic heterocycles. The van der Waals surface area contributed by atoms with E-state index in [1.807, 2.05) is 0 Å². The highest BCUT2D eigenvalue weighted by molar-refractivity contribution is 6.30. The van der Waals surface area contributed by atoms with Gasteiger partial charge in [0.25, 0.3) is 0 Å². The average Bonchev–Trinajstić information content (AvgIpc) is 2.72. The highest BCUT2D eigenvalue weighted by Crippen LogP contribution is 2.45. The Labute approximate surface area is 183 Å². The minimum atomic E-state index is -1.22. The van der Waals surface area contributed by atoms with Gasteiger partial charge < -0.3 is 0 Å². The molecule has 0 radical (unpaired) electrons. The van der Waals surface area contributed by atoms with Crippen LogP contribution >= 0.6 is 11.6 Å². The number of nitrogens with zero attached hydrogens (tertiary/aromatic N) is 1. The average molecular weight is 451 g/mol. The third-order valence-electron chi connectivity index (χ3n) is 6.49. The molecule has 0 spiro atoms. The molecule has 2 aromatic carbocycles. The number of hydrogen-bond donors (Lipinski definition) is 1. The standard InChI is InChI=1S/C23H22ClF3N2O2/c24-18-4-1-14(11-20(18)27)13-29-9-6-15(7-10-29)23(8-5-21(30)28-22(23)31)17-3-2-16(25)12-19(17)26/h1-4,11-12,15H,5-10,13H2,(H,28,30,31)/t23-/m1/s1. The van der Waals surface area contributed by atoms with Gasteiger partial charge in [-0.3, -0.25) is 19.8 Å². The third kappa shape index (κ3) is 4.21. The molecule has 8 heteroatoms. The van der Waals surface area contributed by atoms with E-state index in [2.05, 4.69) is 10.2 Å². The van der Waals surface area contributed by atoms with Crippen molar-refractivity contribution >= 4 is 23.4 Å². The molecule has 1 N–H and O–H groups in total. The van der Waals surface area contributed by atoms with Crippen LogP contribution in [-0.2, 0) is 21.5 Å². The molecular formula is C23H22ClF3N2O2. The van der Waals surface area contributed by atoms with Crippen molar-refractivity contribution in [3.05, 3.63) is 70.0 Å². The molecule has 4 nitrogen and oxygen atoms in total. The van der Waals surface area contributed by atoms with Crippen LogP contribution in [0.3, 0.4) is 0 Å². The van der Waals surface area contributed by atoms with Gasteiger partial charge in [-0.15, -0.1) is 0 Å². The summed E-state index contributed by atoms with van der Waals surface area (Å²) in [5.74, 6) is -3.07. The molecule has 2 aromatic rings. The van der Waals surface area contributed by atoms with Gasteiger partial charge in [-0.1, -0.05) is 23.7 Å². The van der Waals surface area contributed by atoms with Crippen LogP contribution < -0.4 is 5.32 Å². The SMILES string of the molecule is O=C1CC[C@](c2ccc(F)cc2F)(C2CCN(Cc3ccc(Cl)c(F)c3)CC2)C(=O)N1. The van der Waals surface area contributed by atoms with E-state index in [1.54, 1.807) is 6.07 Å². The molecule has 0 unspecified atom stereocenters. The predicted molar refractivity (Wildman–Crippen MR) is 110 cm³/mol. The van der Waals surface area contributed by atoms with E-state index in [1.165, 1.54) is 18.2 Å². The number of halogens is 4. The summed E-state index contributed by atoms with van der Waals surface area (Å²) in [4.78, 5) is 27.0.